The van der Waals surface area contributed by atoms with Gasteiger partial charge in [-0.2, -0.15) is 0 Å². The fourth-order valence-corrected chi connectivity index (χ4v) is 3.00. The minimum Gasteiger partial charge on any atom is -0.376 e. The quantitative estimate of drug-likeness (QED) is 0.862. The van der Waals surface area contributed by atoms with Crippen LogP contribution in [-0.2, 0) is 11.8 Å². The van der Waals surface area contributed by atoms with Crippen LogP contribution in [0.4, 0.5) is 0 Å². The Hall–Kier alpha value is -0.940. The molecule has 1 aliphatic rings. The number of hydrogen-bond donors (Lipinski definition) is 1. The fraction of sp³-hybridized carbons (Fsp3) is 0.833. The molecule has 0 saturated heterocycles. The molecule has 1 saturated carbocycles. The maximum absolute atomic E-state index is 5.88. The standard InChI is InChI=1S/C12H22N4O/c1-13-11(10-9-14-15-16(10)2)12(17-3)7-5-4-6-8-12/h9,11,13H,4-8H2,1-3H3. The average Bonchev–Trinajstić information content (AvgIpc) is 2.78. The van der Waals surface area contributed by atoms with Gasteiger partial charge in [-0.3, -0.25) is 4.68 Å². The van der Waals surface area contributed by atoms with E-state index in [-0.39, 0.29) is 11.6 Å². The van der Waals surface area contributed by atoms with Crippen LogP contribution in [0, 0.1) is 0 Å². The summed E-state index contributed by atoms with van der Waals surface area (Å²) >= 11 is 0. The normalized spacial score (nSPS) is 21.4. The van der Waals surface area contributed by atoms with Gasteiger partial charge in [-0.25, -0.2) is 0 Å². The zero-order valence-electron chi connectivity index (χ0n) is 10.9. The van der Waals surface area contributed by atoms with Crippen LogP contribution in [-0.4, -0.2) is 34.8 Å². The highest BCUT2D eigenvalue weighted by Gasteiger charge is 2.41. The topological polar surface area (TPSA) is 52.0 Å². The second-order valence-electron chi connectivity index (χ2n) is 4.83. The molecule has 96 valence electrons. The predicted octanol–water partition coefficient (Wildman–Crippen LogP) is 1.42. The molecule has 1 aromatic heterocycles. The van der Waals surface area contributed by atoms with E-state index in [0.717, 1.165) is 18.5 Å². The summed E-state index contributed by atoms with van der Waals surface area (Å²) in [4.78, 5) is 0. The molecule has 0 spiro atoms. The summed E-state index contributed by atoms with van der Waals surface area (Å²) in [7, 11) is 5.73. The van der Waals surface area contributed by atoms with Crippen molar-refractivity contribution >= 4 is 0 Å². The molecule has 1 atom stereocenters. The number of methoxy groups -OCH3 is 1. The third-order valence-electron chi connectivity index (χ3n) is 3.97. The van der Waals surface area contributed by atoms with Crippen LogP contribution >= 0.6 is 0 Å². The molecule has 1 aliphatic carbocycles. The van der Waals surface area contributed by atoms with Crippen molar-refractivity contribution in [3.05, 3.63) is 11.9 Å². The Morgan fingerprint density at radius 2 is 2.12 bits per heavy atom. The molecule has 5 nitrogen and oxygen atoms in total. The van der Waals surface area contributed by atoms with Gasteiger partial charge in [0.2, 0.25) is 0 Å². The van der Waals surface area contributed by atoms with Crippen LogP contribution in [0.5, 0.6) is 0 Å². The Kier molecular flexibility index (Phi) is 3.79. The van der Waals surface area contributed by atoms with Crippen molar-refractivity contribution in [3.63, 3.8) is 0 Å². The van der Waals surface area contributed by atoms with Crippen LogP contribution in [0.15, 0.2) is 6.20 Å². The third kappa shape index (κ3) is 2.21. The van der Waals surface area contributed by atoms with E-state index in [0.29, 0.717) is 0 Å². The first-order valence-electron chi connectivity index (χ1n) is 6.30. The van der Waals surface area contributed by atoms with Crippen molar-refractivity contribution in [1.29, 1.82) is 0 Å². The van der Waals surface area contributed by atoms with Gasteiger partial charge in [0.1, 0.15) is 0 Å². The fourth-order valence-electron chi connectivity index (χ4n) is 3.00. The largest absolute Gasteiger partial charge is 0.376 e. The Morgan fingerprint density at radius 1 is 1.41 bits per heavy atom. The van der Waals surface area contributed by atoms with Crippen molar-refractivity contribution in [1.82, 2.24) is 20.3 Å². The smallest absolute Gasteiger partial charge is 0.0888 e. The van der Waals surface area contributed by atoms with E-state index in [9.17, 15) is 0 Å². The van der Waals surface area contributed by atoms with Gasteiger partial charge in [0.05, 0.1) is 23.5 Å². The van der Waals surface area contributed by atoms with Crippen molar-refractivity contribution in [2.24, 2.45) is 7.05 Å². The minimum atomic E-state index is -0.109. The molecule has 17 heavy (non-hydrogen) atoms. The maximum atomic E-state index is 5.88. The minimum absolute atomic E-state index is 0.109. The van der Waals surface area contributed by atoms with Gasteiger partial charge < -0.3 is 10.1 Å². The zero-order chi connectivity index (χ0) is 12.3. The molecule has 1 N–H and O–H groups in total. The first-order valence-corrected chi connectivity index (χ1v) is 6.30. The second-order valence-corrected chi connectivity index (χ2v) is 4.83. The predicted molar refractivity (Wildman–Crippen MR) is 65.6 cm³/mol. The van der Waals surface area contributed by atoms with E-state index < -0.39 is 0 Å². The van der Waals surface area contributed by atoms with Crippen molar-refractivity contribution < 1.29 is 4.74 Å². The average molecular weight is 238 g/mol. The highest BCUT2D eigenvalue weighted by Crippen LogP contribution is 2.40. The Bertz CT molecular complexity index is 357. The summed E-state index contributed by atoms with van der Waals surface area (Å²) in [5.74, 6) is 0. The van der Waals surface area contributed by atoms with E-state index in [1.165, 1.54) is 19.3 Å². The van der Waals surface area contributed by atoms with E-state index in [4.69, 9.17) is 4.74 Å². The molecular formula is C12H22N4O. The lowest BCUT2D eigenvalue weighted by Crippen LogP contribution is -2.46. The molecule has 5 heteroatoms. The number of ether oxygens (including phenoxy) is 1. The van der Waals surface area contributed by atoms with Gasteiger partial charge in [0.15, 0.2) is 0 Å². The first-order chi connectivity index (χ1) is 8.23. The number of likely N-dealkylation sites (N-methyl/N-ethyl adjacent to an activating group) is 1. The van der Waals surface area contributed by atoms with E-state index in [1.54, 1.807) is 0 Å². The molecule has 0 bridgehead atoms. The molecule has 2 rings (SSSR count). The van der Waals surface area contributed by atoms with Crippen molar-refractivity contribution in [2.45, 2.75) is 43.7 Å². The van der Waals surface area contributed by atoms with Crippen LogP contribution in [0.2, 0.25) is 0 Å². The van der Waals surface area contributed by atoms with Crippen molar-refractivity contribution in [3.8, 4) is 0 Å². The number of aromatic nitrogens is 3. The lowest BCUT2D eigenvalue weighted by molar-refractivity contribution is -0.0688. The molecule has 1 heterocycles. The van der Waals surface area contributed by atoms with E-state index >= 15 is 0 Å². The summed E-state index contributed by atoms with van der Waals surface area (Å²) in [5.41, 5.74) is 0.985. The maximum Gasteiger partial charge on any atom is 0.0888 e. The van der Waals surface area contributed by atoms with Crippen LogP contribution in [0.25, 0.3) is 0 Å². The number of aryl methyl sites for hydroxylation is 1. The van der Waals surface area contributed by atoms with E-state index in [1.807, 2.05) is 32.1 Å². The molecular weight excluding hydrogens is 216 g/mol. The number of nitrogens with zero attached hydrogens (tertiary/aromatic N) is 3. The molecule has 0 radical (unpaired) electrons. The second kappa shape index (κ2) is 5.14. The SMILES string of the molecule is CNC(c1cnnn1C)C1(OC)CCCCC1. The van der Waals surface area contributed by atoms with E-state index in [2.05, 4.69) is 15.6 Å². The monoisotopic (exact) mass is 238 g/mol. The molecule has 0 amide bonds. The van der Waals surface area contributed by atoms with Crippen LogP contribution in [0.3, 0.4) is 0 Å². The van der Waals surface area contributed by atoms with Gasteiger partial charge in [-0.1, -0.05) is 24.5 Å². The summed E-state index contributed by atoms with van der Waals surface area (Å²) in [6.45, 7) is 0. The molecule has 1 fully saturated rings. The van der Waals surface area contributed by atoms with Gasteiger partial charge in [0.25, 0.3) is 0 Å². The zero-order valence-corrected chi connectivity index (χ0v) is 10.9. The van der Waals surface area contributed by atoms with Gasteiger partial charge in [-0.05, 0) is 19.9 Å². The molecule has 0 aliphatic heterocycles. The summed E-state index contributed by atoms with van der Waals surface area (Å²) in [6.07, 6.45) is 7.80. The molecule has 1 aromatic rings. The highest BCUT2D eigenvalue weighted by molar-refractivity contribution is 5.11. The Morgan fingerprint density at radius 3 is 2.59 bits per heavy atom. The molecule has 0 aromatic carbocycles. The summed E-state index contributed by atoms with van der Waals surface area (Å²) < 4.78 is 7.71. The lowest BCUT2D eigenvalue weighted by atomic mass is 9.78. The number of hydrogen-bond acceptors (Lipinski definition) is 4. The first kappa shape index (κ1) is 12.5. The van der Waals surface area contributed by atoms with Gasteiger partial charge in [0, 0.05) is 14.2 Å². The number of nitrogens with one attached hydrogen (secondary N) is 1. The molecule has 1 unspecified atom stereocenters. The Labute approximate surface area is 103 Å². The highest BCUT2D eigenvalue weighted by atomic mass is 16.5. The van der Waals surface area contributed by atoms with Crippen LogP contribution in [0.1, 0.15) is 43.8 Å². The van der Waals surface area contributed by atoms with Crippen molar-refractivity contribution in [2.75, 3.05) is 14.2 Å². The number of rotatable bonds is 4. The van der Waals surface area contributed by atoms with Gasteiger partial charge in [-0.15, -0.1) is 5.10 Å². The van der Waals surface area contributed by atoms with Gasteiger partial charge >= 0.3 is 0 Å². The summed E-state index contributed by atoms with van der Waals surface area (Å²) in [5, 5.41) is 11.4. The Balaban J connectivity index is 2.29. The van der Waals surface area contributed by atoms with Crippen LogP contribution < -0.4 is 5.32 Å². The summed E-state index contributed by atoms with van der Waals surface area (Å²) in [6, 6.07) is 0.160. The lowest BCUT2D eigenvalue weighted by Gasteiger charge is -2.42. The third-order valence-corrected chi connectivity index (χ3v) is 3.97.